The number of likely N-dealkylation sites (tertiary alicyclic amines) is 1. The molecule has 1 N–H and O–H groups in total. The van der Waals surface area contributed by atoms with Crippen molar-refractivity contribution in [2.24, 2.45) is 11.8 Å². The number of anilines is 1. The third kappa shape index (κ3) is 3.44. The Kier molecular flexibility index (Phi) is 4.36. The van der Waals surface area contributed by atoms with Gasteiger partial charge < -0.3 is 15.0 Å². The molecule has 1 aliphatic rings. The first kappa shape index (κ1) is 15.6. The van der Waals surface area contributed by atoms with Crippen LogP contribution in [0.25, 0.3) is 0 Å². The highest BCUT2D eigenvalue weighted by Crippen LogP contribution is 2.37. The van der Waals surface area contributed by atoms with Gasteiger partial charge in [-0.1, -0.05) is 0 Å². The predicted octanol–water partition coefficient (Wildman–Crippen LogP) is 1.77. The Morgan fingerprint density at radius 2 is 2.19 bits per heavy atom. The molecule has 0 unspecified atom stereocenters. The fourth-order valence-corrected chi connectivity index (χ4v) is 2.48. The minimum atomic E-state index is -4.40. The second-order valence-corrected chi connectivity index (χ2v) is 5.04. The van der Waals surface area contributed by atoms with Crippen molar-refractivity contribution >= 4 is 11.6 Å². The van der Waals surface area contributed by atoms with Gasteiger partial charge in [-0.3, -0.25) is 9.78 Å². The van der Waals surface area contributed by atoms with Crippen LogP contribution in [0.4, 0.5) is 18.9 Å². The van der Waals surface area contributed by atoms with E-state index < -0.39 is 23.9 Å². The largest absolute Gasteiger partial charge is 0.494 e. The minimum absolute atomic E-state index is 0.0680. The topological polar surface area (TPSA) is 54.5 Å². The van der Waals surface area contributed by atoms with E-state index >= 15 is 0 Å². The average Bonchev–Trinajstić information content (AvgIpc) is 2.81. The summed E-state index contributed by atoms with van der Waals surface area (Å²) in [6.45, 7) is -0.107. The third-order valence-electron chi connectivity index (χ3n) is 3.52. The standard InChI is InChI=1S/C13H16F3N3O2/c1-19-6-8(9(7-19)13(14,15)16)12(20)18-10-5-17-4-3-11(10)21-2/h3-5,8-9H,6-7H2,1-2H3,(H,18,20)/t8-,9-/m1/s1. The van der Waals surface area contributed by atoms with Crippen molar-refractivity contribution in [2.75, 3.05) is 32.6 Å². The molecule has 1 saturated heterocycles. The van der Waals surface area contributed by atoms with Gasteiger partial charge in [-0.25, -0.2) is 0 Å². The predicted molar refractivity (Wildman–Crippen MR) is 70.0 cm³/mol. The molecular weight excluding hydrogens is 287 g/mol. The molecule has 21 heavy (non-hydrogen) atoms. The van der Waals surface area contributed by atoms with Gasteiger partial charge in [-0.05, 0) is 7.05 Å². The van der Waals surface area contributed by atoms with E-state index in [1.165, 1.54) is 30.5 Å². The van der Waals surface area contributed by atoms with Gasteiger partial charge in [0.25, 0.3) is 0 Å². The summed E-state index contributed by atoms with van der Waals surface area (Å²) in [5.74, 6) is -3.12. The van der Waals surface area contributed by atoms with E-state index in [1.807, 2.05) is 0 Å². The van der Waals surface area contributed by atoms with Crippen LogP contribution in [0.3, 0.4) is 0 Å². The second-order valence-electron chi connectivity index (χ2n) is 5.04. The van der Waals surface area contributed by atoms with E-state index in [0.717, 1.165) is 0 Å². The zero-order valence-electron chi connectivity index (χ0n) is 11.6. The highest BCUT2D eigenvalue weighted by atomic mass is 19.4. The number of nitrogens with zero attached hydrogens (tertiary/aromatic N) is 2. The van der Waals surface area contributed by atoms with E-state index in [-0.39, 0.29) is 18.8 Å². The number of carbonyl (C=O) groups excluding carboxylic acids is 1. The van der Waals surface area contributed by atoms with Crippen LogP contribution in [0, 0.1) is 11.8 Å². The van der Waals surface area contributed by atoms with Crippen LogP contribution in [-0.2, 0) is 4.79 Å². The van der Waals surface area contributed by atoms with Crippen LogP contribution in [0.15, 0.2) is 18.5 Å². The van der Waals surface area contributed by atoms with E-state index in [1.54, 1.807) is 7.05 Å². The molecule has 0 spiro atoms. The summed E-state index contributed by atoms with van der Waals surface area (Å²) in [6, 6.07) is 1.53. The van der Waals surface area contributed by atoms with Gasteiger partial charge in [0.2, 0.25) is 5.91 Å². The van der Waals surface area contributed by atoms with Crippen LogP contribution in [-0.4, -0.2) is 49.2 Å². The number of amides is 1. The lowest BCUT2D eigenvalue weighted by Crippen LogP contribution is -2.36. The van der Waals surface area contributed by atoms with Crippen molar-refractivity contribution in [3.05, 3.63) is 18.5 Å². The maximum absolute atomic E-state index is 13.0. The molecule has 1 aromatic heterocycles. The van der Waals surface area contributed by atoms with Gasteiger partial charge in [-0.2, -0.15) is 13.2 Å². The molecule has 0 aromatic carbocycles. The van der Waals surface area contributed by atoms with E-state index in [0.29, 0.717) is 5.75 Å². The Balaban J connectivity index is 2.15. The van der Waals surface area contributed by atoms with Crippen LogP contribution in [0.1, 0.15) is 0 Å². The Morgan fingerprint density at radius 1 is 1.48 bits per heavy atom. The van der Waals surface area contributed by atoms with Crippen molar-refractivity contribution < 1.29 is 22.7 Å². The highest BCUT2D eigenvalue weighted by molar-refractivity contribution is 5.94. The van der Waals surface area contributed by atoms with Crippen molar-refractivity contribution in [2.45, 2.75) is 6.18 Å². The Labute approximate surface area is 120 Å². The second kappa shape index (κ2) is 5.88. The van der Waals surface area contributed by atoms with Crippen molar-refractivity contribution in [3.8, 4) is 5.75 Å². The van der Waals surface area contributed by atoms with E-state index in [4.69, 9.17) is 4.74 Å². The quantitative estimate of drug-likeness (QED) is 0.924. The zero-order chi connectivity index (χ0) is 15.6. The first-order valence-electron chi connectivity index (χ1n) is 6.37. The number of hydrogen-bond donors (Lipinski definition) is 1. The lowest BCUT2D eigenvalue weighted by atomic mass is 9.94. The molecular formula is C13H16F3N3O2. The van der Waals surface area contributed by atoms with E-state index in [2.05, 4.69) is 10.3 Å². The molecule has 1 amide bonds. The van der Waals surface area contributed by atoms with E-state index in [9.17, 15) is 18.0 Å². The number of hydrogen-bond acceptors (Lipinski definition) is 4. The summed E-state index contributed by atoms with van der Waals surface area (Å²) in [7, 11) is 2.98. The molecule has 1 aromatic rings. The number of pyridine rings is 1. The molecule has 0 aliphatic carbocycles. The van der Waals surface area contributed by atoms with Crippen molar-refractivity contribution in [1.82, 2.24) is 9.88 Å². The monoisotopic (exact) mass is 303 g/mol. The molecule has 5 nitrogen and oxygen atoms in total. The smallest absolute Gasteiger partial charge is 0.393 e. The average molecular weight is 303 g/mol. The number of methoxy groups -OCH3 is 1. The zero-order valence-corrected chi connectivity index (χ0v) is 11.6. The Morgan fingerprint density at radius 3 is 2.81 bits per heavy atom. The Hall–Kier alpha value is -1.83. The summed E-state index contributed by atoms with van der Waals surface area (Å²) in [5, 5.41) is 2.47. The number of alkyl halides is 3. The SMILES string of the molecule is COc1ccncc1NC(=O)[C@@H]1CN(C)C[C@H]1C(F)(F)F. The Bertz CT molecular complexity index is 522. The molecule has 1 aliphatic heterocycles. The maximum Gasteiger partial charge on any atom is 0.393 e. The van der Waals surface area contributed by atoms with Crippen molar-refractivity contribution in [1.29, 1.82) is 0 Å². The van der Waals surface area contributed by atoms with Crippen LogP contribution in [0.2, 0.25) is 0 Å². The summed E-state index contributed by atoms with van der Waals surface area (Å²) in [5.41, 5.74) is 0.264. The van der Waals surface area contributed by atoms with Gasteiger partial charge in [0.05, 0.1) is 25.1 Å². The number of carbonyl (C=O) groups is 1. The van der Waals surface area contributed by atoms with Gasteiger partial charge in [0.1, 0.15) is 11.4 Å². The molecule has 2 atom stereocenters. The summed E-state index contributed by atoms with van der Waals surface area (Å²) in [4.78, 5) is 17.5. The molecule has 116 valence electrons. The first-order valence-corrected chi connectivity index (χ1v) is 6.37. The fraction of sp³-hybridized carbons (Fsp3) is 0.538. The number of aromatic nitrogens is 1. The molecule has 0 radical (unpaired) electrons. The molecule has 1 fully saturated rings. The molecule has 2 rings (SSSR count). The molecule has 8 heteroatoms. The number of nitrogens with one attached hydrogen (secondary N) is 1. The molecule has 2 heterocycles. The highest BCUT2D eigenvalue weighted by Gasteiger charge is 2.51. The number of rotatable bonds is 3. The van der Waals surface area contributed by atoms with Gasteiger partial charge >= 0.3 is 6.18 Å². The summed E-state index contributed by atoms with van der Waals surface area (Å²) in [6.07, 6.45) is -1.58. The number of halogens is 3. The minimum Gasteiger partial charge on any atom is -0.494 e. The summed E-state index contributed by atoms with van der Waals surface area (Å²) < 4.78 is 44.0. The lowest BCUT2D eigenvalue weighted by molar-refractivity contribution is -0.182. The maximum atomic E-state index is 13.0. The molecule has 0 bridgehead atoms. The van der Waals surface area contributed by atoms with Gasteiger partial charge in [-0.15, -0.1) is 0 Å². The summed E-state index contributed by atoms with van der Waals surface area (Å²) >= 11 is 0. The van der Waals surface area contributed by atoms with Gasteiger partial charge in [0, 0.05) is 25.4 Å². The third-order valence-corrected chi connectivity index (χ3v) is 3.52. The van der Waals surface area contributed by atoms with Crippen LogP contribution < -0.4 is 10.1 Å². The first-order chi connectivity index (χ1) is 9.82. The van der Waals surface area contributed by atoms with Gasteiger partial charge in [0.15, 0.2) is 0 Å². The molecule has 0 saturated carbocycles. The van der Waals surface area contributed by atoms with Crippen molar-refractivity contribution in [3.63, 3.8) is 0 Å². The normalized spacial score (nSPS) is 23.1. The lowest BCUT2D eigenvalue weighted by Gasteiger charge is -2.21. The number of ether oxygens (including phenoxy) is 1. The van der Waals surface area contributed by atoms with Crippen LogP contribution >= 0.6 is 0 Å². The fourth-order valence-electron chi connectivity index (χ4n) is 2.48. The van der Waals surface area contributed by atoms with Crippen LogP contribution in [0.5, 0.6) is 5.75 Å².